The zero-order chi connectivity index (χ0) is 14.8. The first-order valence-corrected chi connectivity index (χ1v) is 8.92. The molecule has 0 radical (unpaired) electrons. The molecule has 1 aliphatic carbocycles. The molecule has 1 heterocycles. The Labute approximate surface area is 136 Å². The van der Waals surface area contributed by atoms with Crippen LogP contribution in [0.15, 0.2) is 22.7 Å². The van der Waals surface area contributed by atoms with E-state index in [9.17, 15) is 0 Å². The van der Waals surface area contributed by atoms with E-state index in [1.165, 1.54) is 48.2 Å². The van der Waals surface area contributed by atoms with E-state index in [1.807, 2.05) is 0 Å². The summed E-state index contributed by atoms with van der Waals surface area (Å²) < 4.78 is 1.19. The number of piperazine rings is 1. The summed E-state index contributed by atoms with van der Waals surface area (Å²) in [6.45, 7) is 8.08. The predicted molar refractivity (Wildman–Crippen MR) is 92.9 cm³/mol. The van der Waals surface area contributed by atoms with Crippen molar-refractivity contribution in [1.29, 1.82) is 0 Å². The Morgan fingerprint density at radius 1 is 1.24 bits per heavy atom. The zero-order valence-corrected chi connectivity index (χ0v) is 14.5. The fraction of sp³-hybridized carbons (Fsp3) is 0.647. The van der Waals surface area contributed by atoms with E-state index in [2.05, 4.69) is 50.9 Å². The summed E-state index contributed by atoms with van der Waals surface area (Å²) in [5, 5.41) is 0. The van der Waals surface area contributed by atoms with Gasteiger partial charge in [0, 0.05) is 48.9 Å². The molecule has 1 unspecified atom stereocenters. The van der Waals surface area contributed by atoms with Gasteiger partial charge in [-0.1, -0.05) is 22.0 Å². The minimum atomic E-state index is 0.207. The molecule has 116 valence electrons. The van der Waals surface area contributed by atoms with E-state index in [1.54, 1.807) is 0 Å². The second-order valence-corrected chi connectivity index (χ2v) is 7.54. The molecule has 1 aliphatic heterocycles. The van der Waals surface area contributed by atoms with Crippen LogP contribution in [0.2, 0.25) is 0 Å². The largest absolute Gasteiger partial charge is 0.369 e. The lowest BCUT2D eigenvalue weighted by Crippen LogP contribution is -2.47. The van der Waals surface area contributed by atoms with Crippen molar-refractivity contribution < 1.29 is 0 Å². The first kappa shape index (κ1) is 15.3. The molecule has 1 atom stereocenters. The zero-order valence-electron chi connectivity index (χ0n) is 12.9. The van der Waals surface area contributed by atoms with Crippen molar-refractivity contribution in [3.63, 3.8) is 0 Å². The first-order chi connectivity index (χ1) is 10.1. The van der Waals surface area contributed by atoms with Crippen molar-refractivity contribution in [2.45, 2.75) is 32.2 Å². The van der Waals surface area contributed by atoms with Crippen molar-refractivity contribution in [2.24, 2.45) is 11.7 Å². The molecule has 0 aromatic heterocycles. The van der Waals surface area contributed by atoms with Gasteiger partial charge in [0.05, 0.1) is 0 Å². The normalized spacial score (nSPS) is 21.6. The summed E-state index contributed by atoms with van der Waals surface area (Å²) in [7, 11) is 0. The molecule has 2 N–H and O–H groups in total. The van der Waals surface area contributed by atoms with Crippen molar-refractivity contribution in [2.75, 3.05) is 37.6 Å². The fourth-order valence-corrected chi connectivity index (χ4v) is 3.63. The Hall–Kier alpha value is -0.580. The van der Waals surface area contributed by atoms with Gasteiger partial charge in [-0.2, -0.15) is 0 Å². The topological polar surface area (TPSA) is 32.5 Å². The average molecular weight is 352 g/mol. The fourth-order valence-electron chi connectivity index (χ4n) is 3.10. The number of hydrogen-bond acceptors (Lipinski definition) is 3. The molecule has 0 bridgehead atoms. The van der Waals surface area contributed by atoms with E-state index in [0.717, 1.165) is 25.4 Å². The maximum Gasteiger partial charge on any atom is 0.0378 e. The van der Waals surface area contributed by atoms with Crippen LogP contribution in [-0.2, 0) is 6.42 Å². The van der Waals surface area contributed by atoms with Crippen molar-refractivity contribution in [3.05, 3.63) is 28.2 Å². The highest BCUT2D eigenvalue weighted by atomic mass is 79.9. The van der Waals surface area contributed by atoms with E-state index >= 15 is 0 Å². The third-order valence-corrected chi connectivity index (χ3v) is 5.27. The third kappa shape index (κ3) is 4.21. The van der Waals surface area contributed by atoms with Gasteiger partial charge in [0.1, 0.15) is 0 Å². The first-order valence-electron chi connectivity index (χ1n) is 8.13. The Balaban J connectivity index is 1.58. The van der Waals surface area contributed by atoms with Crippen LogP contribution < -0.4 is 10.6 Å². The molecule has 2 fully saturated rings. The average Bonchev–Trinajstić information content (AvgIpc) is 3.25. The SMILES string of the molecule is CC(N)Cc1ccc(N2CCN(CC3CC3)CC2)cc1Br. The van der Waals surface area contributed by atoms with Crippen LogP contribution in [0.5, 0.6) is 0 Å². The van der Waals surface area contributed by atoms with E-state index in [4.69, 9.17) is 5.73 Å². The highest BCUT2D eigenvalue weighted by molar-refractivity contribution is 9.10. The number of benzene rings is 1. The molecule has 21 heavy (non-hydrogen) atoms. The molecule has 1 saturated carbocycles. The van der Waals surface area contributed by atoms with Crippen LogP contribution >= 0.6 is 15.9 Å². The number of nitrogens with zero attached hydrogens (tertiary/aromatic N) is 2. The number of anilines is 1. The van der Waals surface area contributed by atoms with Crippen molar-refractivity contribution in [3.8, 4) is 0 Å². The van der Waals surface area contributed by atoms with Crippen LogP contribution in [0.25, 0.3) is 0 Å². The lowest BCUT2D eigenvalue weighted by molar-refractivity contribution is 0.248. The number of hydrogen-bond donors (Lipinski definition) is 1. The van der Waals surface area contributed by atoms with Crippen LogP contribution in [-0.4, -0.2) is 43.7 Å². The van der Waals surface area contributed by atoms with Crippen LogP contribution in [0, 0.1) is 5.92 Å². The molecule has 3 rings (SSSR count). The summed E-state index contributed by atoms with van der Waals surface area (Å²) in [6.07, 6.45) is 3.83. The Kier molecular flexibility index (Phi) is 4.87. The smallest absolute Gasteiger partial charge is 0.0378 e. The molecular formula is C17H26BrN3. The second-order valence-electron chi connectivity index (χ2n) is 6.69. The number of halogens is 1. The summed E-state index contributed by atoms with van der Waals surface area (Å²) in [5.74, 6) is 1.00. The van der Waals surface area contributed by atoms with Crippen LogP contribution in [0.4, 0.5) is 5.69 Å². The quantitative estimate of drug-likeness (QED) is 0.885. The summed E-state index contributed by atoms with van der Waals surface area (Å²) in [5.41, 5.74) is 8.54. The third-order valence-electron chi connectivity index (χ3n) is 4.53. The monoisotopic (exact) mass is 351 g/mol. The Morgan fingerprint density at radius 3 is 2.52 bits per heavy atom. The van der Waals surface area contributed by atoms with Crippen LogP contribution in [0.1, 0.15) is 25.3 Å². The van der Waals surface area contributed by atoms with E-state index in [-0.39, 0.29) is 6.04 Å². The Bertz CT molecular complexity index is 477. The highest BCUT2D eigenvalue weighted by Crippen LogP contribution is 2.30. The highest BCUT2D eigenvalue weighted by Gasteiger charge is 2.26. The Morgan fingerprint density at radius 2 is 1.95 bits per heavy atom. The summed E-state index contributed by atoms with van der Waals surface area (Å²) in [4.78, 5) is 5.14. The molecule has 1 aromatic rings. The summed E-state index contributed by atoms with van der Waals surface area (Å²) >= 11 is 3.70. The van der Waals surface area contributed by atoms with Gasteiger partial charge in [-0.25, -0.2) is 0 Å². The minimum Gasteiger partial charge on any atom is -0.369 e. The van der Waals surface area contributed by atoms with Gasteiger partial charge in [0.2, 0.25) is 0 Å². The van der Waals surface area contributed by atoms with E-state index < -0.39 is 0 Å². The number of nitrogens with two attached hydrogens (primary N) is 1. The van der Waals surface area contributed by atoms with Crippen molar-refractivity contribution >= 4 is 21.6 Å². The van der Waals surface area contributed by atoms with E-state index in [0.29, 0.717) is 0 Å². The molecule has 3 nitrogen and oxygen atoms in total. The number of rotatable bonds is 5. The minimum absolute atomic E-state index is 0.207. The molecular weight excluding hydrogens is 326 g/mol. The molecule has 4 heteroatoms. The van der Waals surface area contributed by atoms with Gasteiger partial charge >= 0.3 is 0 Å². The van der Waals surface area contributed by atoms with Crippen molar-refractivity contribution in [1.82, 2.24) is 4.90 Å². The standard InChI is InChI=1S/C17H26BrN3/c1-13(19)10-15-4-5-16(11-17(15)18)21-8-6-20(7-9-21)12-14-2-3-14/h4-5,11,13-14H,2-3,6-10,12,19H2,1H3. The lowest BCUT2D eigenvalue weighted by atomic mass is 10.1. The lowest BCUT2D eigenvalue weighted by Gasteiger charge is -2.36. The molecule has 0 spiro atoms. The second kappa shape index (κ2) is 6.67. The van der Waals surface area contributed by atoms with Gasteiger partial charge in [-0.05, 0) is 49.8 Å². The molecule has 1 saturated heterocycles. The van der Waals surface area contributed by atoms with Gasteiger partial charge in [-0.15, -0.1) is 0 Å². The van der Waals surface area contributed by atoms with Gasteiger partial charge in [-0.3, -0.25) is 4.90 Å². The molecule has 0 amide bonds. The maximum absolute atomic E-state index is 5.90. The van der Waals surface area contributed by atoms with Gasteiger partial charge in [0.15, 0.2) is 0 Å². The predicted octanol–water partition coefficient (Wildman–Crippen LogP) is 2.87. The molecule has 1 aromatic carbocycles. The van der Waals surface area contributed by atoms with Gasteiger partial charge < -0.3 is 10.6 Å². The molecule has 2 aliphatic rings. The maximum atomic E-state index is 5.90. The van der Waals surface area contributed by atoms with Crippen LogP contribution in [0.3, 0.4) is 0 Å². The summed E-state index contributed by atoms with van der Waals surface area (Å²) in [6, 6.07) is 6.94. The van der Waals surface area contributed by atoms with Gasteiger partial charge in [0.25, 0.3) is 0 Å².